The molecular formula is C15H22N2O2S. The number of aryl methyl sites for hydroxylation is 2. The normalized spacial score (nSPS) is 27.5. The first-order valence-corrected chi connectivity index (χ1v) is 8.78. The Kier molecular flexibility index (Phi) is 3.60. The Labute approximate surface area is 121 Å². The first-order valence-electron chi connectivity index (χ1n) is 7.34. The molecule has 0 bridgehead atoms. The van der Waals surface area contributed by atoms with Crippen molar-refractivity contribution in [2.45, 2.75) is 43.5 Å². The highest BCUT2D eigenvalue weighted by Crippen LogP contribution is 2.28. The van der Waals surface area contributed by atoms with Crippen molar-refractivity contribution in [1.29, 1.82) is 0 Å². The molecule has 1 aromatic rings. The summed E-state index contributed by atoms with van der Waals surface area (Å²) in [6.07, 6.45) is 4.09. The third-order valence-corrected chi connectivity index (χ3v) is 6.19. The number of nitrogens with zero attached hydrogens (tertiary/aromatic N) is 1. The van der Waals surface area contributed by atoms with Crippen LogP contribution in [0.4, 0.5) is 0 Å². The van der Waals surface area contributed by atoms with Gasteiger partial charge in [-0.1, -0.05) is 13.0 Å². The smallest absolute Gasteiger partial charge is 0.243 e. The number of hydrogen-bond donors (Lipinski definition) is 1. The molecular weight excluding hydrogens is 272 g/mol. The summed E-state index contributed by atoms with van der Waals surface area (Å²) in [6.45, 7) is 3.07. The van der Waals surface area contributed by atoms with Gasteiger partial charge in [-0.3, -0.25) is 0 Å². The molecule has 2 aliphatic rings. The Hall–Kier alpha value is -0.910. The largest absolute Gasteiger partial charge is 0.326 e. The van der Waals surface area contributed by atoms with Gasteiger partial charge in [-0.05, 0) is 54.9 Å². The van der Waals surface area contributed by atoms with Gasteiger partial charge in [-0.2, -0.15) is 4.31 Å². The van der Waals surface area contributed by atoms with Crippen LogP contribution in [0.15, 0.2) is 23.1 Å². The summed E-state index contributed by atoms with van der Waals surface area (Å²) in [6, 6.07) is 5.54. The Morgan fingerprint density at radius 2 is 1.95 bits per heavy atom. The van der Waals surface area contributed by atoms with Gasteiger partial charge in [-0.15, -0.1) is 0 Å². The quantitative estimate of drug-likeness (QED) is 0.900. The maximum Gasteiger partial charge on any atom is 0.243 e. The fourth-order valence-corrected chi connectivity index (χ4v) is 5.07. The van der Waals surface area contributed by atoms with Crippen molar-refractivity contribution in [3.8, 4) is 0 Å². The van der Waals surface area contributed by atoms with Crippen molar-refractivity contribution in [3.63, 3.8) is 0 Å². The molecule has 0 amide bonds. The van der Waals surface area contributed by atoms with E-state index in [1.54, 1.807) is 10.4 Å². The number of piperidine rings is 1. The lowest BCUT2D eigenvalue weighted by Crippen LogP contribution is -2.48. The molecule has 1 aromatic carbocycles. The maximum absolute atomic E-state index is 12.7. The molecule has 1 aliphatic carbocycles. The molecule has 2 unspecified atom stereocenters. The summed E-state index contributed by atoms with van der Waals surface area (Å²) in [5, 5.41) is 0. The molecule has 2 atom stereocenters. The van der Waals surface area contributed by atoms with Crippen LogP contribution in [0.25, 0.3) is 0 Å². The predicted molar refractivity (Wildman–Crippen MR) is 79.0 cm³/mol. The molecule has 4 nitrogen and oxygen atoms in total. The number of sulfonamides is 1. The maximum atomic E-state index is 12.7. The van der Waals surface area contributed by atoms with Crippen LogP contribution in [0.3, 0.4) is 0 Å². The zero-order valence-corrected chi connectivity index (χ0v) is 12.7. The van der Waals surface area contributed by atoms with Crippen molar-refractivity contribution in [2.24, 2.45) is 11.7 Å². The number of hydrogen-bond acceptors (Lipinski definition) is 3. The van der Waals surface area contributed by atoms with E-state index in [1.165, 1.54) is 11.1 Å². The van der Waals surface area contributed by atoms with E-state index < -0.39 is 10.0 Å². The van der Waals surface area contributed by atoms with Gasteiger partial charge in [0, 0.05) is 19.1 Å². The van der Waals surface area contributed by atoms with E-state index >= 15 is 0 Å². The average Bonchev–Trinajstić information content (AvgIpc) is 2.84. The van der Waals surface area contributed by atoms with Gasteiger partial charge in [0.15, 0.2) is 0 Å². The Morgan fingerprint density at radius 3 is 2.70 bits per heavy atom. The van der Waals surface area contributed by atoms with E-state index in [1.807, 2.05) is 12.1 Å². The molecule has 1 fully saturated rings. The fraction of sp³-hybridized carbons (Fsp3) is 0.600. The molecule has 1 heterocycles. The molecule has 0 aromatic heterocycles. The van der Waals surface area contributed by atoms with Crippen LogP contribution in [0.2, 0.25) is 0 Å². The van der Waals surface area contributed by atoms with E-state index in [4.69, 9.17) is 5.73 Å². The van der Waals surface area contributed by atoms with Gasteiger partial charge in [-0.25, -0.2) is 8.42 Å². The van der Waals surface area contributed by atoms with Crippen LogP contribution in [-0.4, -0.2) is 31.9 Å². The van der Waals surface area contributed by atoms with Gasteiger partial charge >= 0.3 is 0 Å². The highest BCUT2D eigenvalue weighted by Gasteiger charge is 2.32. The van der Waals surface area contributed by atoms with Crippen LogP contribution in [0, 0.1) is 5.92 Å². The second-order valence-electron chi connectivity index (χ2n) is 6.21. The zero-order chi connectivity index (χ0) is 14.3. The molecule has 3 rings (SSSR count). The van der Waals surface area contributed by atoms with Crippen molar-refractivity contribution in [2.75, 3.05) is 13.1 Å². The summed E-state index contributed by atoms with van der Waals surface area (Å²) in [5.41, 5.74) is 8.47. The van der Waals surface area contributed by atoms with Crippen LogP contribution in [0.1, 0.15) is 30.9 Å². The summed E-state index contributed by atoms with van der Waals surface area (Å²) >= 11 is 0. The Morgan fingerprint density at radius 1 is 1.20 bits per heavy atom. The monoisotopic (exact) mass is 294 g/mol. The highest BCUT2D eigenvalue weighted by atomic mass is 32.2. The van der Waals surface area contributed by atoms with Crippen LogP contribution < -0.4 is 5.73 Å². The summed E-state index contributed by atoms with van der Waals surface area (Å²) < 4.78 is 27.1. The van der Waals surface area contributed by atoms with Crippen molar-refractivity contribution in [3.05, 3.63) is 29.3 Å². The molecule has 2 N–H and O–H groups in total. The molecule has 0 radical (unpaired) electrons. The predicted octanol–water partition coefficient (Wildman–Crippen LogP) is 1.53. The number of nitrogens with two attached hydrogens (primary N) is 1. The van der Waals surface area contributed by atoms with Crippen LogP contribution in [-0.2, 0) is 22.9 Å². The summed E-state index contributed by atoms with van der Waals surface area (Å²) in [7, 11) is -3.40. The molecule has 110 valence electrons. The minimum Gasteiger partial charge on any atom is -0.326 e. The lowest BCUT2D eigenvalue weighted by atomic mass is 9.99. The Bertz CT molecular complexity index is 602. The van der Waals surface area contributed by atoms with Gasteiger partial charge in [0.25, 0.3) is 0 Å². The molecule has 5 heteroatoms. The topological polar surface area (TPSA) is 63.4 Å². The lowest BCUT2D eigenvalue weighted by molar-refractivity contribution is 0.254. The molecule has 0 spiro atoms. The lowest BCUT2D eigenvalue weighted by Gasteiger charge is -2.33. The minimum absolute atomic E-state index is 0.0528. The standard InChI is InChI=1S/C15H22N2O2S/c1-11-7-14(16)10-17(9-11)20(18,19)15-6-5-12-3-2-4-13(12)8-15/h5-6,8,11,14H,2-4,7,9-10,16H2,1H3. The van der Waals surface area contributed by atoms with E-state index in [0.717, 1.165) is 25.7 Å². The first kappa shape index (κ1) is 14.0. The third kappa shape index (κ3) is 2.50. The van der Waals surface area contributed by atoms with Gasteiger partial charge in [0.05, 0.1) is 4.90 Å². The van der Waals surface area contributed by atoms with E-state index in [-0.39, 0.29) is 6.04 Å². The second kappa shape index (κ2) is 5.13. The Balaban J connectivity index is 1.91. The summed E-state index contributed by atoms with van der Waals surface area (Å²) in [5.74, 6) is 0.322. The number of fused-ring (bicyclic) bond motifs is 1. The van der Waals surface area contributed by atoms with Crippen molar-refractivity contribution < 1.29 is 8.42 Å². The second-order valence-corrected chi connectivity index (χ2v) is 8.14. The number of benzene rings is 1. The highest BCUT2D eigenvalue weighted by molar-refractivity contribution is 7.89. The molecule has 1 saturated heterocycles. The van der Waals surface area contributed by atoms with Crippen LogP contribution >= 0.6 is 0 Å². The molecule has 1 aliphatic heterocycles. The SMILES string of the molecule is CC1CC(N)CN(S(=O)(=O)c2ccc3c(c2)CCC3)C1. The van der Waals surface area contributed by atoms with Gasteiger partial charge in [0.2, 0.25) is 10.0 Å². The van der Waals surface area contributed by atoms with Crippen molar-refractivity contribution >= 4 is 10.0 Å². The van der Waals surface area contributed by atoms with E-state index in [2.05, 4.69) is 6.92 Å². The van der Waals surface area contributed by atoms with E-state index in [0.29, 0.717) is 23.9 Å². The number of rotatable bonds is 2. The molecule has 20 heavy (non-hydrogen) atoms. The average molecular weight is 294 g/mol. The van der Waals surface area contributed by atoms with Gasteiger partial charge in [0.1, 0.15) is 0 Å². The first-order chi connectivity index (χ1) is 9.46. The van der Waals surface area contributed by atoms with Crippen molar-refractivity contribution in [1.82, 2.24) is 4.31 Å². The van der Waals surface area contributed by atoms with Gasteiger partial charge < -0.3 is 5.73 Å². The van der Waals surface area contributed by atoms with Crippen LogP contribution in [0.5, 0.6) is 0 Å². The van der Waals surface area contributed by atoms with E-state index in [9.17, 15) is 8.42 Å². The fourth-order valence-electron chi connectivity index (χ4n) is 3.40. The zero-order valence-electron chi connectivity index (χ0n) is 11.9. The minimum atomic E-state index is -3.40. The summed E-state index contributed by atoms with van der Waals surface area (Å²) in [4.78, 5) is 0.430. The molecule has 0 saturated carbocycles. The third-order valence-electron chi connectivity index (χ3n) is 4.37.